The van der Waals surface area contributed by atoms with Crippen LogP contribution in [0.2, 0.25) is 0 Å². The number of fused-ring (bicyclic) bond motifs is 4. The molecule has 2 aliphatic rings. The highest BCUT2D eigenvalue weighted by Crippen LogP contribution is 2.45. The van der Waals surface area contributed by atoms with Crippen molar-refractivity contribution in [2.75, 3.05) is 6.54 Å². The Morgan fingerprint density at radius 3 is 2.47 bits per heavy atom. The third kappa shape index (κ3) is 3.70. The Balaban J connectivity index is 1.44. The Morgan fingerprint density at radius 1 is 0.969 bits per heavy atom. The number of amides is 2. The van der Waals surface area contributed by atoms with Gasteiger partial charge in [-0.1, -0.05) is 72.8 Å². The molecule has 0 aliphatic carbocycles. The Morgan fingerprint density at radius 2 is 1.66 bits per heavy atom. The average Bonchev–Trinajstić information content (AvgIpc) is 2.83. The van der Waals surface area contributed by atoms with Gasteiger partial charge < -0.3 is 10.2 Å². The van der Waals surface area contributed by atoms with E-state index in [-0.39, 0.29) is 23.9 Å². The summed E-state index contributed by atoms with van der Waals surface area (Å²) >= 11 is 0. The van der Waals surface area contributed by atoms with Crippen LogP contribution in [0.1, 0.15) is 57.9 Å². The second-order valence-electron chi connectivity index (χ2n) is 8.89. The highest BCUT2D eigenvalue weighted by molar-refractivity contribution is 6.01. The van der Waals surface area contributed by atoms with Gasteiger partial charge in [-0.15, -0.1) is 0 Å². The fourth-order valence-corrected chi connectivity index (χ4v) is 5.19. The smallest absolute Gasteiger partial charge is 0.254 e. The lowest BCUT2D eigenvalue weighted by atomic mass is 9.75. The van der Waals surface area contributed by atoms with Crippen molar-refractivity contribution in [3.63, 3.8) is 0 Å². The predicted molar refractivity (Wildman–Crippen MR) is 125 cm³/mol. The van der Waals surface area contributed by atoms with Crippen LogP contribution in [-0.4, -0.2) is 29.3 Å². The normalized spacial score (nSPS) is 20.0. The molecule has 3 aromatic carbocycles. The summed E-state index contributed by atoms with van der Waals surface area (Å²) in [6, 6.07) is 26.0. The highest BCUT2D eigenvalue weighted by atomic mass is 16.2. The Labute approximate surface area is 189 Å². The standard InChI is InChI=1S/C28H28N2O2/c1-19(15-16-20-9-3-2-4-10-20)29-27(31)25-23-13-7-8-14-24(23)28(32)30-18-17-21-11-5-6-12-22(21)26(25)30/h2-14,19,25-26H,15-18H2,1H3,(H,29,31)/t19-,25+,26+/m1/s1. The molecule has 5 rings (SSSR count). The number of rotatable bonds is 5. The molecule has 0 unspecified atom stereocenters. The molecule has 162 valence electrons. The molecule has 0 saturated heterocycles. The monoisotopic (exact) mass is 424 g/mol. The van der Waals surface area contributed by atoms with Crippen LogP contribution >= 0.6 is 0 Å². The maximum Gasteiger partial charge on any atom is 0.254 e. The summed E-state index contributed by atoms with van der Waals surface area (Å²) in [6.07, 6.45) is 2.61. The van der Waals surface area contributed by atoms with E-state index in [4.69, 9.17) is 0 Å². The van der Waals surface area contributed by atoms with E-state index in [1.165, 1.54) is 11.1 Å². The summed E-state index contributed by atoms with van der Waals surface area (Å²) in [6.45, 7) is 2.70. The maximum atomic E-state index is 13.7. The fourth-order valence-electron chi connectivity index (χ4n) is 5.19. The van der Waals surface area contributed by atoms with Crippen LogP contribution < -0.4 is 5.32 Å². The van der Waals surface area contributed by atoms with E-state index in [0.717, 1.165) is 30.4 Å². The lowest BCUT2D eigenvalue weighted by Gasteiger charge is -2.45. The van der Waals surface area contributed by atoms with Crippen molar-refractivity contribution in [2.24, 2.45) is 0 Å². The minimum absolute atomic E-state index is 0.00258. The van der Waals surface area contributed by atoms with Gasteiger partial charge in [0, 0.05) is 18.2 Å². The molecule has 3 atom stereocenters. The quantitative estimate of drug-likeness (QED) is 0.648. The summed E-state index contributed by atoms with van der Waals surface area (Å²) < 4.78 is 0. The van der Waals surface area contributed by atoms with E-state index in [1.54, 1.807) is 0 Å². The first-order chi connectivity index (χ1) is 15.6. The molecule has 0 bridgehead atoms. The van der Waals surface area contributed by atoms with Crippen molar-refractivity contribution in [3.8, 4) is 0 Å². The van der Waals surface area contributed by atoms with Crippen LogP contribution in [0.15, 0.2) is 78.9 Å². The zero-order valence-corrected chi connectivity index (χ0v) is 18.3. The second-order valence-corrected chi connectivity index (χ2v) is 8.89. The van der Waals surface area contributed by atoms with Crippen LogP contribution in [0.25, 0.3) is 0 Å². The fraction of sp³-hybridized carbons (Fsp3) is 0.286. The van der Waals surface area contributed by atoms with Crippen molar-refractivity contribution >= 4 is 11.8 Å². The third-order valence-electron chi connectivity index (χ3n) is 6.81. The Bertz CT molecular complexity index is 1140. The van der Waals surface area contributed by atoms with Crippen molar-refractivity contribution in [1.29, 1.82) is 0 Å². The molecule has 4 nitrogen and oxygen atoms in total. The molecule has 4 heteroatoms. The molecule has 32 heavy (non-hydrogen) atoms. The molecule has 1 N–H and O–H groups in total. The lowest BCUT2D eigenvalue weighted by Crippen LogP contribution is -2.51. The molecular weight excluding hydrogens is 396 g/mol. The summed E-state index contributed by atoms with van der Waals surface area (Å²) in [5, 5.41) is 3.26. The number of nitrogens with one attached hydrogen (secondary N) is 1. The van der Waals surface area contributed by atoms with Gasteiger partial charge in [-0.25, -0.2) is 0 Å². The Kier molecular flexibility index (Phi) is 5.52. The topological polar surface area (TPSA) is 49.4 Å². The number of hydrogen-bond donors (Lipinski definition) is 1. The molecule has 2 aliphatic heterocycles. The number of carbonyl (C=O) groups is 2. The zero-order valence-electron chi connectivity index (χ0n) is 18.3. The molecule has 2 amide bonds. The third-order valence-corrected chi connectivity index (χ3v) is 6.81. The molecular formula is C28H28N2O2. The summed E-state index contributed by atoms with van der Waals surface area (Å²) in [5.41, 5.74) is 5.09. The van der Waals surface area contributed by atoms with Gasteiger partial charge >= 0.3 is 0 Å². The highest BCUT2D eigenvalue weighted by Gasteiger charge is 2.46. The molecule has 0 radical (unpaired) electrons. The van der Waals surface area contributed by atoms with Crippen molar-refractivity contribution in [1.82, 2.24) is 10.2 Å². The van der Waals surface area contributed by atoms with E-state index >= 15 is 0 Å². The minimum atomic E-state index is -0.412. The first kappa shape index (κ1) is 20.5. The predicted octanol–water partition coefficient (Wildman–Crippen LogP) is 4.66. The van der Waals surface area contributed by atoms with Crippen molar-refractivity contribution in [2.45, 2.75) is 44.2 Å². The van der Waals surface area contributed by atoms with Gasteiger partial charge in [0.25, 0.3) is 5.91 Å². The molecule has 0 spiro atoms. The molecule has 3 aromatic rings. The van der Waals surface area contributed by atoms with Gasteiger partial charge in [-0.05, 0) is 54.5 Å². The molecule has 0 aromatic heterocycles. The molecule has 2 heterocycles. The number of nitrogens with zero attached hydrogens (tertiary/aromatic N) is 1. The average molecular weight is 425 g/mol. The maximum absolute atomic E-state index is 13.7. The van der Waals surface area contributed by atoms with Gasteiger partial charge in [-0.3, -0.25) is 9.59 Å². The Hall–Kier alpha value is -3.40. The first-order valence-corrected chi connectivity index (χ1v) is 11.5. The van der Waals surface area contributed by atoms with Gasteiger partial charge in [0.1, 0.15) is 0 Å². The number of aryl methyl sites for hydroxylation is 1. The van der Waals surface area contributed by atoms with Crippen molar-refractivity contribution < 1.29 is 9.59 Å². The SMILES string of the molecule is C[C@H](CCc1ccccc1)NC(=O)[C@H]1c2ccccc2C(=O)N2CCc3ccccc3[C@@H]12. The van der Waals surface area contributed by atoms with E-state index in [0.29, 0.717) is 12.1 Å². The van der Waals surface area contributed by atoms with Gasteiger partial charge in [-0.2, -0.15) is 0 Å². The minimum Gasteiger partial charge on any atom is -0.353 e. The summed E-state index contributed by atoms with van der Waals surface area (Å²) in [5.74, 6) is -0.386. The van der Waals surface area contributed by atoms with E-state index in [1.807, 2.05) is 59.5 Å². The second kappa shape index (κ2) is 8.62. The van der Waals surface area contributed by atoms with E-state index < -0.39 is 5.92 Å². The van der Waals surface area contributed by atoms with Crippen LogP contribution in [-0.2, 0) is 17.6 Å². The van der Waals surface area contributed by atoms with Crippen LogP contribution in [0, 0.1) is 0 Å². The van der Waals surface area contributed by atoms with Crippen LogP contribution in [0.4, 0.5) is 0 Å². The summed E-state index contributed by atoms with van der Waals surface area (Å²) in [7, 11) is 0. The number of carbonyl (C=O) groups excluding carboxylic acids is 2. The summed E-state index contributed by atoms with van der Waals surface area (Å²) in [4.78, 5) is 28.9. The largest absolute Gasteiger partial charge is 0.353 e. The van der Waals surface area contributed by atoms with E-state index in [9.17, 15) is 9.59 Å². The number of hydrogen-bond acceptors (Lipinski definition) is 2. The lowest BCUT2D eigenvalue weighted by molar-refractivity contribution is -0.125. The molecule has 0 fully saturated rings. The number of benzene rings is 3. The van der Waals surface area contributed by atoms with Crippen LogP contribution in [0.3, 0.4) is 0 Å². The van der Waals surface area contributed by atoms with Gasteiger partial charge in [0.15, 0.2) is 0 Å². The van der Waals surface area contributed by atoms with Crippen LogP contribution in [0.5, 0.6) is 0 Å². The van der Waals surface area contributed by atoms with Crippen molar-refractivity contribution in [3.05, 3.63) is 107 Å². The van der Waals surface area contributed by atoms with Gasteiger partial charge in [0.05, 0.1) is 12.0 Å². The molecule has 0 saturated carbocycles. The zero-order chi connectivity index (χ0) is 22.1. The van der Waals surface area contributed by atoms with Gasteiger partial charge in [0.2, 0.25) is 5.91 Å². The van der Waals surface area contributed by atoms with E-state index in [2.05, 4.69) is 36.5 Å². The first-order valence-electron chi connectivity index (χ1n) is 11.5.